The summed E-state index contributed by atoms with van der Waals surface area (Å²) >= 11 is 6.09. The van der Waals surface area contributed by atoms with Gasteiger partial charge in [-0.1, -0.05) is 41.9 Å². The quantitative estimate of drug-likeness (QED) is 0.704. The van der Waals surface area contributed by atoms with E-state index in [2.05, 4.69) is 5.32 Å². The second-order valence-corrected chi connectivity index (χ2v) is 7.56. The first-order valence-electron chi connectivity index (χ1n) is 9.39. The summed E-state index contributed by atoms with van der Waals surface area (Å²) in [6.45, 7) is 2.62. The van der Waals surface area contributed by atoms with E-state index in [-0.39, 0.29) is 30.1 Å². The van der Waals surface area contributed by atoms with E-state index in [0.29, 0.717) is 35.0 Å². The number of ether oxygens (including phenoxy) is 1. The predicted octanol–water partition coefficient (Wildman–Crippen LogP) is 3.39. The summed E-state index contributed by atoms with van der Waals surface area (Å²) < 4.78 is 5.11. The van der Waals surface area contributed by atoms with Crippen molar-refractivity contribution in [3.8, 4) is 0 Å². The highest BCUT2D eigenvalue weighted by Crippen LogP contribution is 2.26. The number of nitrogens with zero attached hydrogens (tertiary/aromatic N) is 1. The van der Waals surface area contributed by atoms with Crippen molar-refractivity contribution in [1.29, 1.82) is 0 Å². The number of benzene rings is 2. The van der Waals surface area contributed by atoms with Gasteiger partial charge in [0.2, 0.25) is 11.8 Å². The largest absolute Gasteiger partial charge is 0.383 e. The Morgan fingerprint density at radius 2 is 1.97 bits per heavy atom. The van der Waals surface area contributed by atoms with Gasteiger partial charge in [0.1, 0.15) is 0 Å². The molecular formula is C22H23ClN2O4. The molecule has 0 saturated carbocycles. The minimum absolute atomic E-state index is 0.0774. The molecule has 2 amide bonds. The molecule has 0 aromatic heterocycles. The Labute approximate surface area is 174 Å². The van der Waals surface area contributed by atoms with E-state index < -0.39 is 5.92 Å². The smallest absolute Gasteiger partial charge is 0.229 e. The van der Waals surface area contributed by atoms with Gasteiger partial charge in [-0.3, -0.25) is 14.4 Å². The zero-order valence-corrected chi connectivity index (χ0v) is 17.1. The number of carbonyl (C=O) groups is 3. The van der Waals surface area contributed by atoms with Crippen molar-refractivity contribution in [3.05, 3.63) is 64.7 Å². The molecule has 0 radical (unpaired) electrons. The molecule has 1 heterocycles. The number of hydrogen-bond donors (Lipinski definition) is 1. The summed E-state index contributed by atoms with van der Waals surface area (Å²) in [4.78, 5) is 39.7. The number of halogens is 1. The Morgan fingerprint density at radius 3 is 2.66 bits per heavy atom. The first-order valence-corrected chi connectivity index (χ1v) is 9.77. The molecule has 1 aliphatic rings. The Morgan fingerprint density at radius 1 is 1.24 bits per heavy atom. The Hall–Kier alpha value is -2.70. The van der Waals surface area contributed by atoms with Crippen LogP contribution in [0, 0.1) is 5.92 Å². The van der Waals surface area contributed by atoms with Crippen molar-refractivity contribution in [2.24, 2.45) is 5.92 Å². The number of nitrogens with one attached hydrogen (secondary N) is 1. The second kappa shape index (κ2) is 9.20. The fourth-order valence-corrected chi connectivity index (χ4v) is 3.63. The summed E-state index contributed by atoms with van der Waals surface area (Å²) in [6.07, 6.45) is 0.134. The molecule has 1 N–H and O–H groups in total. The summed E-state index contributed by atoms with van der Waals surface area (Å²) in [5.41, 5.74) is 1.19. The Balaban J connectivity index is 1.78. The van der Waals surface area contributed by atoms with Crippen molar-refractivity contribution in [2.45, 2.75) is 19.4 Å². The molecule has 6 nitrogen and oxygen atoms in total. The lowest BCUT2D eigenvalue weighted by Gasteiger charge is -2.24. The van der Waals surface area contributed by atoms with Crippen LogP contribution in [-0.4, -0.2) is 48.8 Å². The summed E-state index contributed by atoms with van der Waals surface area (Å²) in [6, 6.07) is 13.5. The zero-order chi connectivity index (χ0) is 21.0. The van der Waals surface area contributed by atoms with E-state index in [1.807, 2.05) is 13.0 Å². The van der Waals surface area contributed by atoms with Gasteiger partial charge in [0, 0.05) is 36.2 Å². The van der Waals surface area contributed by atoms with Gasteiger partial charge in [-0.15, -0.1) is 0 Å². The van der Waals surface area contributed by atoms with E-state index in [1.165, 1.54) is 0 Å². The molecule has 2 aromatic carbocycles. The van der Waals surface area contributed by atoms with Crippen LogP contribution >= 0.6 is 11.6 Å². The lowest BCUT2D eigenvalue weighted by Crippen LogP contribution is -2.38. The molecule has 152 valence electrons. The standard InChI is InChI=1S/C22H23ClN2O4/c1-14(13-29-2)25-12-16(10-20(25)26)22(28)24-19-9-8-17(23)11-18(19)21(27)15-6-4-3-5-7-15/h3-9,11,14,16H,10,12-13H2,1-2H3,(H,24,28)/t14-,16+/m0/s1. The number of likely N-dealkylation sites (tertiary alicyclic amines) is 1. The average molecular weight is 415 g/mol. The third-order valence-corrected chi connectivity index (χ3v) is 5.22. The molecule has 3 rings (SSSR count). The molecule has 7 heteroatoms. The van der Waals surface area contributed by atoms with Gasteiger partial charge in [0.05, 0.1) is 24.3 Å². The van der Waals surface area contributed by atoms with E-state index in [0.717, 1.165) is 0 Å². The molecule has 0 aliphatic carbocycles. The third-order valence-electron chi connectivity index (χ3n) is 4.99. The number of ketones is 1. The van der Waals surface area contributed by atoms with Gasteiger partial charge in [-0.2, -0.15) is 0 Å². The van der Waals surface area contributed by atoms with Crippen molar-refractivity contribution in [1.82, 2.24) is 4.90 Å². The summed E-state index contributed by atoms with van der Waals surface area (Å²) in [5, 5.41) is 3.21. The molecule has 2 aromatic rings. The first kappa shape index (κ1) is 21.0. The molecule has 29 heavy (non-hydrogen) atoms. The van der Waals surface area contributed by atoms with Crippen molar-refractivity contribution in [3.63, 3.8) is 0 Å². The normalized spacial score (nSPS) is 17.3. The number of hydrogen-bond acceptors (Lipinski definition) is 4. The molecule has 1 saturated heterocycles. The van der Waals surface area contributed by atoms with Gasteiger partial charge in [0.25, 0.3) is 0 Å². The van der Waals surface area contributed by atoms with Crippen LogP contribution in [0.1, 0.15) is 29.3 Å². The molecule has 1 fully saturated rings. The fraction of sp³-hybridized carbons (Fsp3) is 0.318. The maximum absolute atomic E-state index is 12.9. The van der Waals surface area contributed by atoms with E-state index >= 15 is 0 Å². The fourth-order valence-electron chi connectivity index (χ4n) is 3.46. The van der Waals surface area contributed by atoms with Gasteiger partial charge < -0.3 is 15.0 Å². The lowest BCUT2D eigenvalue weighted by atomic mass is 10.0. The molecule has 0 unspecified atom stereocenters. The number of amides is 2. The van der Waals surface area contributed by atoms with Gasteiger partial charge >= 0.3 is 0 Å². The van der Waals surface area contributed by atoms with Crippen LogP contribution in [0.4, 0.5) is 5.69 Å². The monoisotopic (exact) mass is 414 g/mol. The topological polar surface area (TPSA) is 75.7 Å². The molecule has 0 spiro atoms. The van der Waals surface area contributed by atoms with Crippen molar-refractivity contribution in [2.75, 3.05) is 25.6 Å². The van der Waals surface area contributed by atoms with Crippen LogP contribution in [0.15, 0.2) is 48.5 Å². The Kier molecular flexibility index (Phi) is 6.67. The van der Waals surface area contributed by atoms with Crippen LogP contribution in [0.3, 0.4) is 0 Å². The number of methoxy groups -OCH3 is 1. The van der Waals surface area contributed by atoms with Crippen molar-refractivity contribution < 1.29 is 19.1 Å². The first-order chi connectivity index (χ1) is 13.9. The SMILES string of the molecule is COC[C@H](C)N1C[C@H](C(=O)Nc2ccc(Cl)cc2C(=O)c2ccccc2)CC1=O. The summed E-state index contributed by atoms with van der Waals surface area (Å²) in [7, 11) is 1.58. The van der Waals surface area contributed by atoms with E-state index in [9.17, 15) is 14.4 Å². The maximum Gasteiger partial charge on any atom is 0.229 e. The van der Waals surface area contributed by atoms with Crippen LogP contribution in [-0.2, 0) is 14.3 Å². The molecule has 0 bridgehead atoms. The Bertz CT molecular complexity index is 916. The van der Waals surface area contributed by atoms with Crippen molar-refractivity contribution >= 4 is 34.9 Å². The van der Waals surface area contributed by atoms with Gasteiger partial charge in [-0.25, -0.2) is 0 Å². The minimum Gasteiger partial charge on any atom is -0.383 e. The highest BCUT2D eigenvalue weighted by molar-refractivity contribution is 6.31. The van der Waals surface area contributed by atoms with Crippen LogP contribution < -0.4 is 5.32 Å². The van der Waals surface area contributed by atoms with Crippen LogP contribution in [0.25, 0.3) is 0 Å². The van der Waals surface area contributed by atoms with E-state index in [1.54, 1.807) is 54.5 Å². The molecule has 1 aliphatic heterocycles. The predicted molar refractivity (Wildman–Crippen MR) is 111 cm³/mol. The number of carbonyl (C=O) groups excluding carboxylic acids is 3. The van der Waals surface area contributed by atoms with Gasteiger partial charge in [0.15, 0.2) is 5.78 Å². The molecule has 2 atom stereocenters. The highest BCUT2D eigenvalue weighted by Gasteiger charge is 2.36. The number of rotatable bonds is 7. The zero-order valence-electron chi connectivity index (χ0n) is 16.4. The summed E-state index contributed by atoms with van der Waals surface area (Å²) in [5.74, 6) is -1.10. The van der Waals surface area contributed by atoms with Gasteiger partial charge in [-0.05, 0) is 25.1 Å². The lowest BCUT2D eigenvalue weighted by molar-refractivity contribution is -0.130. The van der Waals surface area contributed by atoms with E-state index in [4.69, 9.17) is 16.3 Å². The molecular weight excluding hydrogens is 392 g/mol. The number of anilines is 1. The average Bonchev–Trinajstić information content (AvgIpc) is 3.11. The minimum atomic E-state index is -0.489. The second-order valence-electron chi connectivity index (χ2n) is 7.13. The maximum atomic E-state index is 12.9. The van der Waals surface area contributed by atoms with Crippen LogP contribution in [0.2, 0.25) is 5.02 Å². The third kappa shape index (κ3) is 4.83. The van der Waals surface area contributed by atoms with Crippen LogP contribution in [0.5, 0.6) is 0 Å². The highest BCUT2D eigenvalue weighted by atomic mass is 35.5.